The molecule has 0 bridgehead atoms. The molecule has 172 valence electrons. The highest BCUT2D eigenvalue weighted by atomic mass is 32.2. The van der Waals surface area contributed by atoms with Crippen molar-refractivity contribution in [2.24, 2.45) is 0 Å². The molecule has 2 aliphatic rings. The minimum atomic E-state index is -0.0408. The van der Waals surface area contributed by atoms with Crippen LogP contribution in [0.15, 0.2) is 46.5 Å². The van der Waals surface area contributed by atoms with Crippen molar-refractivity contribution in [1.82, 2.24) is 25.1 Å². The Labute approximate surface area is 197 Å². The van der Waals surface area contributed by atoms with E-state index in [9.17, 15) is 4.79 Å². The average Bonchev–Trinajstić information content (AvgIpc) is 3.36. The van der Waals surface area contributed by atoms with Gasteiger partial charge in [0.15, 0.2) is 11.0 Å². The Kier molecular flexibility index (Phi) is 6.19. The summed E-state index contributed by atoms with van der Waals surface area (Å²) < 4.78 is 0. The highest BCUT2D eigenvalue weighted by Crippen LogP contribution is 2.31. The molecule has 5 rings (SSSR count). The molecule has 2 saturated heterocycles. The number of nitrogens with one attached hydrogen (secondary N) is 3. The average molecular weight is 465 g/mol. The van der Waals surface area contributed by atoms with E-state index < -0.39 is 0 Å². The first-order valence-corrected chi connectivity index (χ1v) is 12.1. The molecule has 1 unspecified atom stereocenters. The monoisotopic (exact) mass is 464 g/mol. The fraction of sp³-hybridized carbons (Fsp3) is 0.391. The van der Waals surface area contributed by atoms with Crippen molar-refractivity contribution >= 4 is 40.8 Å². The molecular formula is C23H28N8OS. The van der Waals surface area contributed by atoms with Crippen LogP contribution < -0.4 is 15.5 Å². The van der Waals surface area contributed by atoms with Gasteiger partial charge in [-0.15, -0.1) is 0 Å². The van der Waals surface area contributed by atoms with Crippen molar-refractivity contribution in [1.29, 1.82) is 0 Å². The molecule has 2 aromatic heterocycles. The molecule has 4 heterocycles. The second-order valence-electron chi connectivity index (χ2n) is 8.55. The predicted molar refractivity (Wildman–Crippen MR) is 130 cm³/mol. The van der Waals surface area contributed by atoms with E-state index in [0.29, 0.717) is 11.0 Å². The maximum absolute atomic E-state index is 12.5. The quantitative estimate of drug-likeness (QED) is 0.456. The zero-order chi connectivity index (χ0) is 22.8. The molecule has 2 fully saturated rings. The zero-order valence-electron chi connectivity index (χ0n) is 18.8. The molecule has 10 heteroatoms. The summed E-state index contributed by atoms with van der Waals surface area (Å²) in [6.07, 6.45) is 3.16. The number of carbonyl (C=O) groups excluding carboxylic acids is 1. The van der Waals surface area contributed by atoms with Crippen LogP contribution in [0, 0.1) is 6.92 Å². The topological polar surface area (TPSA) is 102 Å². The number of aryl methyl sites for hydroxylation is 1. The molecule has 9 nitrogen and oxygen atoms in total. The Morgan fingerprint density at radius 3 is 2.55 bits per heavy atom. The van der Waals surface area contributed by atoms with Crippen LogP contribution in [0.3, 0.4) is 0 Å². The lowest BCUT2D eigenvalue weighted by Crippen LogP contribution is -2.37. The van der Waals surface area contributed by atoms with Crippen LogP contribution in [0.4, 0.5) is 23.1 Å². The molecule has 1 atom stereocenters. The van der Waals surface area contributed by atoms with Crippen LogP contribution in [0.25, 0.3) is 0 Å². The largest absolute Gasteiger partial charge is 0.356 e. The van der Waals surface area contributed by atoms with Gasteiger partial charge in [-0.3, -0.25) is 14.8 Å². The van der Waals surface area contributed by atoms with Gasteiger partial charge in [0.05, 0.1) is 6.04 Å². The second-order valence-corrected chi connectivity index (χ2v) is 9.59. The summed E-state index contributed by atoms with van der Waals surface area (Å²) in [7, 11) is 2.00. The van der Waals surface area contributed by atoms with E-state index in [1.807, 2.05) is 50.4 Å². The summed E-state index contributed by atoms with van der Waals surface area (Å²) in [6.45, 7) is 4.95. The van der Waals surface area contributed by atoms with E-state index in [1.165, 1.54) is 18.2 Å². The van der Waals surface area contributed by atoms with E-state index in [0.717, 1.165) is 60.4 Å². The number of aromatic nitrogens is 4. The number of H-pyrrole nitrogens is 1. The third kappa shape index (κ3) is 5.12. The van der Waals surface area contributed by atoms with E-state index in [4.69, 9.17) is 9.97 Å². The van der Waals surface area contributed by atoms with E-state index in [1.54, 1.807) is 0 Å². The lowest BCUT2D eigenvalue weighted by Gasteiger charge is -2.32. The first-order chi connectivity index (χ1) is 16.0. The number of likely N-dealkylation sites (tertiary alicyclic amines) is 1. The number of carbonyl (C=O) groups is 1. The van der Waals surface area contributed by atoms with Gasteiger partial charge in [-0.25, -0.2) is 9.97 Å². The number of nitrogens with zero attached hydrogens (tertiary/aromatic N) is 5. The summed E-state index contributed by atoms with van der Waals surface area (Å²) in [5.41, 5.74) is 1.78. The molecule has 3 N–H and O–H groups in total. The summed E-state index contributed by atoms with van der Waals surface area (Å²) in [5.74, 6) is 2.42. The SMILES string of the molecule is Cc1cc(Nc2cc(N3CCC3)nc(Sc3ccc(NC(=O)C4CCCN4C)cc3)n2)n[nH]1. The number of benzene rings is 1. The summed E-state index contributed by atoms with van der Waals surface area (Å²) >= 11 is 1.50. The van der Waals surface area contributed by atoms with E-state index in [2.05, 4.69) is 30.6 Å². The van der Waals surface area contributed by atoms with Crippen molar-refractivity contribution < 1.29 is 4.79 Å². The Morgan fingerprint density at radius 2 is 1.91 bits per heavy atom. The third-order valence-electron chi connectivity index (χ3n) is 5.99. The summed E-state index contributed by atoms with van der Waals surface area (Å²) in [5, 5.41) is 14.2. The number of rotatable bonds is 7. The van der Waals surface area contributed by atoms with E-state index >= 15 is 0 Å². The Hall–Kier alpha value is -3.11. The van der Waals surface area contributed by atoms with Gasteiger partial charge in [-0.2, -0.15) is 5.10 Å². The van der Waals surface area contributed by atoms with Crippen LogP contribution in [-0.4, -0.2) is 63.7 Å². The van der Waals surface area contributed by atoms with Gasteiger partial charge in [0, 0.05) is 41.5 Å². The van der Waals surface area contributed by atoms with Crippen LogP contribution >= 0.6 is 11.8 Å². The predicted octanol–water partition coefficient (Wildman–Crippen LogP) is 3.65. The molecule has 2 aliphatic heterocycles. The van der Waals surface area contributed by atoms with Gasteiger partial charge in [0.25, 0.3) is 0 Å². The maximum atomic E-state index is 12.5. The van der Waals surface area contributed by atoms with Crippen molar-refractivity contribution in [3.8, 4) is 0 Å². The van der Waals surface area contributed by atoms with Crippen LogP contribution in [0.5, 0.6) is 0 Å². The molecular weight excluding hydrogens is 436 g/mol. The normalized spacial score (nSPS) is 18.2. The Bertz CT molecular complexity index is 1130. The van der Waals surface area contributed by atoms with Gasteiger partial charge in [-0.1, -0.05) is 0 Å². The van der Waals surface area contributed by atoms with Gasteiger partial charge in [-0.05, 0) is 75.8 Å². The zero-order valence-corrected chi connectivity index (χ0v) is 19.7. The molecule has 33 heavy (non-hydrogen) atoms. The summed E-state index contributed by atoms with van der Waals surface area (Å²) in [6, 6.07) is 11.7. The molecule has 0 radical (unpaired) electrons. The minimum absolute atomic E-state index is 0.0408. The van der Waals surface area contributed by atoms with Crippen LogP contribution in [-0.2, 0) is 4.79 Å². The van der Waals surface area contributed by atoms with Gasteiger partial charge < -0.3 is 15.5 Å². The smallest absolute Gasteiger partial charge is 0.241 e. The number of hydrogen-bond acceptors (Lipinski definition) is 8. The number of amides is 1. The third-order valence-corrected chi connectivity index (χ3v) is 6.86. The lowest BCUT2D eigenvalue weighted by atomic mass is 10.2. The first-order valence-electron chi connectivity index (χ1n) is 11.3. The number of hydrogen-bond donors (Lipinski definition) is 3. The second kappa shape index (κ2) is 9.40. The molecule has 0 spiro atoms. The highest BCUT2D eigenvalue weighted by Gasteiger charge is 2.27. The highest BCUT2D eigenvalue weighted by molar-refractivity contribution is 7.99. The molecule has 0 aliphatic carbocycles. The van der Waals surface area contributed by atoms with Crippen molar-refractivity contribution in [3.05, 3.63) is 42.1 Å². The molecule has 1 aromatic carbocycles. The lowest BCUT2D eigenvalue weighted by molar-refractivity contribution is -0.119. The minimum Gasteiger partial charge on any atom is -0.356 e. The fourth-order valence-electron chi connectivity index (χ4n) is 4.02. The molecule has 0 saturated carbocycles. The van der Waals surface area contributed by atoms with Gasteiger partial charge in [0.2, 0.25) is 5.91 Å². The van der Waals surface area contributed by atoms with E-state index in [-0.39, 0.29) is 11.9 Å². The van der Waals surface area contributed by atoms with Crippen LogP contribution in [0.2, 0.25) is 0 Å². The maximum Gasteiger partial charge on any atom is 0.241 e. The van der Waals surface area contributed by atoms with Gasteiger partial charge in [0.1, 0.15) is 11.6 Å². The molecule has 1 amide bonds. The van der Waals surface area contributed by atoms with Gasteiger partial charge >= 0.3 is 0 Å². The number of likely N-dealkylation sites (N-methyl/N-ethyl adjacent to an activating group) is 1. The molecule has 3 aromatic rings. The van der Waals surface area contributed by atoms with Crippen molar-refractivity contribution in [2.75, 3.05) is 42.2 Å². The fourth-order valence-corrected chi connectivity index (χ4v) is 4.79. The number of aromatic amines is 1. The standard InChI is InChI=1S/C23H28N8OS/c1-15-13-20(29-28-15)25-19-14-21(31-11-4-12-31)27-23(26-19)33-17-8-6-16(7-9-17)24-22(32)18-5-3-10-30(18)2/h6-9,13-14,18H,3-5,10-12H2,1-2H3,(H,24,32)(H2,25,26,27,28,29). The van der Waals surface area contributed by atoms with Crippen molar-refractivity contribution in [2.45, 2.75) is 42.3 Å². The van der Waals surface area contributed by atoms with Crippen molar-refractivity contribution in [3.63, 3.8) is 0 Å². The Morgan fingerprint density at radius 1 is 1.09 bits per heavy atom. The van der Waals surface area contributed by atoms with Crippen LogP contribution in [0.1, 0.15) is 25.0 Å². The summed E-state index contributed by atoms with van der Waals surface area (Å²) in [4.78, 5) is 27.3. The Balaban J connectivity index is 1.29. The first kappa shape index (κ1) is 21.7. The number of anilines is 4.